The Morgan fingerprint density at radius 2 is 1.55 bits per heavy atom. The molecule has 0 aromatic heterocycles. The Morgan fingerprint density at radius 1 is 0.955 bits per heavy atom. The Morgan fingerprint density at radius 3 is 2.14 bits per heavy atom. The van der Waals surface area contributed by atoms with E-state index in [4.69, 9.17) is 4.74 Å². The fourth-order valence-electron chi connectivity index (χ4n) is 2.28. The minimum absolute atomic E-state index is 0.0674. The van der Waals surface area contributed by atoms with Crippen LogP contribution in [0.2, 0.25) is 0 Å². The van der Waals surface area contributed by atoms with Gasteiger partial charge >= 0.3 is 0 Å². The van der Waals surface area contributed by atoms with Crippen LogP contribution in [0.4, 0.5) is 0 Å². The van der Waals surface area contributed by atoms with Crippen LogP contribution < -0.4 is 10.1 Å². The normalized spacial score (nSPS) is 10.3. The van der Waals surface area contributed by atoms with E-state index in [0.717, 1.165) is 24.2 Å². The molecule has 0 unspecified atom stereocenters. The summed E-state index contributed by atoms with van der Waals surface area (Å²) < 4.78 is 5.12. The number of benzene rings is 2. The molecule has 0 saturated carbocycles. The zero-order valence-corrected chi connectivity index (χ0v) is 13.3. The van der Waals surface area contributed by atoms with Crippen LogP contribution in [-0.2, 0) is 24.1 Å². The molecule has 0 aliphatic heterocycles. The molecule has 0 saturated heterocycles. The Kier molecular flexibility index (Phi) is 6.01. The summed E-state index contributed by atoms with van der Waals surface area (Å²) in [6.07, 6.45) is 2.28. The van der Waals surface area contributed by atoms with Crippen molar-refractivity contribution >= 4 is 5.91 Å². The molecule has 0 radical (unpaired) electrons. The average Bonchev–Trinajstić information content (AvgIpc) is 2.56. The summed E-state index contributed by atoms with van der Waals surface area (Å²) in [5, 5.41) is 2.97. The maximum Gasteiger partial charge on any atom is 0.224 e. The molecular weight excluding hydrogens is 274 g/mol. The number of aryl methyl sites for hydroxylation is 1. The van der Waals surface area contributed by atoms with Gasteiger partial charge in [-0.15, -0.1) is 0 Å². The summed E-state index contributed by atoms with van der Waals surface area (Å²) in [4.78, 5) is 11.9. The van der Waals surface area contributed by atoms with Crippen LogP contribution in [0, 0.1) is 0 Å². The van der Waals surface area contributed by atoms with E-state index in [1.807, 2.05) is 36.4 Å². The van der Waals surface area contributed by atoms with Crippen molar-refractivity contribution < 1.29 is 9.53 Å². The topological polar surface area (TPSA) is 38.3 Å². The molecule has 0 aliphatic rings. The molecule has 22 heavy (non-hydrogen) atoms. The Labute approximate surface area is 132 Å². The van der Waals surface area contributed by atoms with E-state index in [9.17, 15) is 4.79 Å². The number of amides is 1. The van der Waals surface area contributed by atoms with Crippen molar-refractivity contribution in [2.75, 3.05) is 13.7 Å². The highest BCUT2D eigenvalue weighted by atomic mass is 16.5. The van der Waals surface area contributed by atoms with E-state index in [2.05, 4.69) is 24.4 Å². The smallest absolute Gasteiger partial charge is 0.224 e. The van der Waals surface area contributed by atoms with Gasteiger partial charge in [-0.25, -0.2) is 0 Å². The number of rotatable bonds is 7. The monoisotopic (exact) mass is 297 g/mol. The average molecular weight is 297 g/mol. The van der Waals surface area contributed by atoms with Crippen LogP contribution >= 0.6 is 0 Å². The molecule has 3 heteroatoms. The van der Waals surface area contributed by atoms with Crippen LogP contribution in [0.5, 0.6) is 5.75 Å². The van der Waals surface area contributed by atoms with Crippen LogP contribution in [-0.4, -0.2) is 19.6 Å². The Bertz CT molecular complexity index is 588. The van der Waals surface area contributed by atoms with Crippen LogP contribution in [0.1, 0.15) is 23.6 Å². The van der Waals surface area contributed by atoms with Gasteiger partial charge in [-0.3, -0.25) is 4.79 Å². The van der Waals surface area contributed by atoms with Gasteiger partial charge in [0.25, 0.3) is 0 Å². The first kappa shape index (κ1) is 16.1. The van der Waals surface area contributed by atoms with Gasteiger partial charge in [0.1, 0.15) is 5.75 Å². The molecule has 116 valence electrons. The maximum absolute atomic E-state index is 11.9. The van der Waals surface area contributed by atoms with Gasteiger partial charge in [0.15, 0.2) is 0 Å². The van der Waals surface area contributed by atoms with E-state index in [0.29, 0.717) is 13.0 Å². The van der Waals surface area contributed by atoms with Gasteiger partial charge < -0.3 is 10.1 Å². The largest absolute Gasteiger partial charge is 0.497 e. The number of methoxy groups -OCH3 is 1. The van der Waals surface area contributed by atoms with Crippen LogP contribution in [0.3, 0.4) is 0 Å². The second kappa shape index (κ2) is 8.23. The first-order chi connectivity index (χ1) is 10.7. The molecule has 0 heterocycles. The summed E-state index contributed by atoms with van der Waals surface area (Å²) >= 11 is 0. The van der Waals surface area contributed by atoms with Crippen molar-refractivity contribution in [2.24, 2.45) is 0 Å². The van der Waals surface area contributed by atoms with Gasteiger partial charge in [0, 0.05) is 6.54 Å². The fourth-order valence-corrected chi connectivity index (χ4v) is 2.28. The van der Waals surface area contributed by atoms with Gasteiger partial charge in [-0.1, -0.05) is 43.3 Å². The maximum atomic E-state index is 11.9. The first-order valence-corrected chi connectivity index (χ1v) is 7.68. The number of carbonyl (C=O) groups excluding carboxylic acids is 1. The SMILES string of the molecule is CCc1ccc(CC(=O)NCCc2ccc(OC)cc2)cc1. The molecule has 2 aromatic carbocycles. The molecule has 3 nitrogen and oxygen atoms in total. The molecule has 1 N–H and O–H groups in total. The lowest BCUT2D eigenvalue weighted by Crippen LogP contribution is -2.27. The number of hydrogen-bond acceptors (Lipinski definition) is 2. The van der Waals surface area contributed by atoms with Crippen molar-refractivity contribution in [2.45, 2.75) is 26.2 Å². The minimum atomic E-state index is 0.0674. The van der Waals surface area contributed by atoms with Crippen molar-refractivity contribution in [1.29, 1.82) is 0 Å². The van der Waals surface area contributed by atoms with E-state index in [1.165, 1.54) is 11.1 Å². The molecule has 2 aromatic rings. The van der Waals surface area contributed by atoms with Crippen LogP contribution in [0.15, 0.2) is 48.5 Å². The van der Waals surface area contributed by atoms with Gasteiger partial charge in [-0.05, 0) is 41.7 Å². The zero-order chi connectivity index (χ0) is 15.8. The third-order valence-corrected chi connectivity index (χ3v) is 3.69. The van der Waals surface area contributed by atoms with Crippen LogP contribution in [0.25, 0.3) is 0 Å². The van der Waals surface area contributed by atoms with Crippen molar-refractivity contribution in [3.8, 4) is 5.75 Å². The number of carbonyl (C=O) groups is 1. The van der Waals surface area contributed by atoms with E-state index in [-0.39, 0.29) is 5.91 Å². The highest BCUT2D eigenvalue weighted by molar-refractivity contribution is 5.78. The predicted octanol–water partition coefficient (Wildman–Crippen LogP) is 3.16. The predicted molar refractivity (Wildman–Crippen MR) is 89.2 cm³/mol. The molecule has 2 rings (SSSR count). The highest BCUT2D eigenvalue weighted by Gasteiger charge is 2.03. The molecule has 0 atom stereocenters. The van der Waals surface area contributed by atoms with Gasteiger partial charge in [-0.2, -0.15) is 0 Å². The van der Waals surface area contributed by atoms with Crippen molar-refractivity contribution in [1.82, 2.24) is 5.32 Å². The van der Waals surface area contributed by atoms with E-state index >= 15 is 0 Å². The molecule has 0 aliphatic carbocycles. The number of hydrogen-bond donors (Lipinski definition) is 1. The number of ether oxygens (including phenoxy) is 1. The van der Waals surface area contributed by atoms with Gasteiger partial charge in [0.05, 0.1) is 13.5 Å². The third kappa shape index (κ3) is 4.92. The summed E-state index contributed by atoms with van der Waals surface area (Å²) in [6, 6.07) is 16.1. The second-order valence-electron chi connectivity index (χ2n) is 5.29. The summed E-state index contributed by atoms with van der Waals surface area (Å²) in [5.41, 5.74) is 3.54. The molecule has 0 bridgehead atoms. The molecule has 1 amide bonds. The lowest BCUT2D eigenvalue weighted by atomic mass is 10.1. The summed E-state index contributed by atoms with van der Waals surface area (Å²) in [7, 11) is 1.66. The van der Waals surface area contributed by atoms with Crippen molar-refractivity contribution in [3.05, 3.63) is 65.2 Å². The Hall–Kier alpha value is -2.29. The third-order valence-electron chi connectivity index (χ3n) is 3.69. The van der Waals surface area contributed by atoms with Gasteiger partial charge in [0.2, 0.25) is 5.91 Å². The standard InChI is InChI=1S/C19H23NO2/c1-3-15-4-6-17(7-5-15)14-19(21)20-13-12-16-8-10-18(22-2)11-9-16/h4-11H,3,12-14H2,1-2H3,(H,20,21). The second-order valence-corrected chi connectivity index (χ2v) is 5.29. The first-order valence-electron chi connectivity index (χ1n) is 7.68. The van der Waals surface area contributed by atoms with Crippen molar-refractivity contribution in [3.63, 3.8) is 0 Å². The summed E-state index contributed by atoms with van der Waals surface area (Å²) in [6.45, 7) is 2.78. The molecular formula is C19H23NO2. The lowest BCUT2D eigenvalue weighted by molar-refractivity contribution is -0.120. The van der Waals surface area contributed by atoms with E-state index < -0.39 is 0 Å². The summed E-state index contributed by atoms with van der Waals surface area (Å²) in [5.74, 6) is 0.918. The lowest BCUT2D eigenvalue weighted by Gasteiger charge is -2.07. The van der Waals surface area contributed by atoms with E-state index in [1.54, 1.807) is 7.11 Å². The highest BCUT2D eigenvalue weighted by Crippen LogP contribution is 2.11. The molecule has 0 spiro atoms. The fraction of sp³-hybridized carbons (Fsp3) is 0.316. The zero-order valence-electron chi connectivity index (χ0n) is 13.3. The quantitative estimate of drug-likeness (QED) is 0.852. The Balaban J connectivity index is 1.74. The minimum Gasteiger partial charge on any atom is -0.497 e. The molecule has 0 fully saturated rings. The number of nitrogens with one attached hydrogen (secondary N) is 1.